The zero-order valence-corrected chi connectivity index (χ0v) is 13.5. The van der Waals surface area contributed by atoms with Crippen LogP contribution in [0.25, 0.3) is 20.2 Å². The first-order valence-electron chi connectivity index (χ1n) is 7.51. The van der Waals surface area contributed by atoms with E-state index in [1.807, 2.05) is 24.3 Å². The molecule has 0 aliphatic rings. The number of benzene rings is 2. The fourth-order valence-corrected chi connectivity index (χ4v) is 3.80. The first-order valence-corrected chi connectivity index (χ1v) is 8.33. The quantitative estimate of drug-likeness (QED) is 0.603. The Hall–Kier alpha value is -1.67. The second kappa shape index (κ2) is 5.61. The lowest BCUT2D eigenvalue weighted by Gasteiger charge is -2.16. The maximum absolute atomic E-state index is 12.9. The lowest BCUT2D eigenvalue weighted by atomic mass is 9.90. The highest BCUT2D eigenvalue weighted by molar-refractivity contribution is 7.24. The average molecular weight is 296 g/mol. The molecular weight excluding hydrogens is 276 g/mol. The Kier molecular flexibility index (Phi) is 3.81. The number of hydrogen-bond acceptors (Lipinski definition) is 2. The molecule has 0 saturated heterocycles. The van der Waals surface area contributed by atoms with E-state index in [4.69, 9.17) is 0 Å². The van der Waals surface area contributed by atoms with Crippen LogP contribution in [0.1, 0.15) is 26.3 Å². The number of hydrogen-bond donors (Lipinski definition) is 0. The van der Waals surface area contributed by atoms with Crippen molar-refractivity contribution in [2.45, 2.75) is 27.2 Å². The van der Waals surface area contributed by atoms with Gasteiger partial charge in [-0.25, -0.2) is 0 Å². The van der Waals surface area contributed by atoms with Gasteiger partial charge in [-0.05, 0) is 42.0 Å². The van der Waals surface area contributed by atoms with Gasteiger partial charge >= 0.3 is 0 Å². The summed E-state index contributed by atoms with van der Waals surface area (Å²) in [5, 5.41) is 1.77. The highest BCUT2D eigenvalue weighted by Gasteiger charge is 2.13. The largest absolute Gasteiger partial charge is 0.288 e. The van der Waals surface area contributed by atoms with Crippen LogP contribution in [0.2, 0.25) is 0 Å². The summed E-state index contributed by atoms with van der Waals surface area (Å²) in [4.78, 5) is 12.9. The lowest BCUT2D eigenvalue weighted by Crippen LogP contribution is -2.10. The third kappa shape index (κ3) is 2.60. The first kappa shape index (κ1) is 14.3. The Labute approximate surface area is 129 Å². The molecule has 2 heteroatoms. The van der Waals surface area contributed by atoms with E-state index in [9.17, 15) is 4.79 Å². The van der Waals surface area contributed by atoms with Crippen LogP contribution < -0.4 is 5.43 Å². The summed E-state index contributed by atoms with van der Waals surface area (Å²) in [6, 6.07) is 14.2. The van der Waals surface area contributed by atoms with Gasteiger partial charge in [0, 0.05) is 20.2 Å². The van der Waals surface area contributed by atoms with E-state index < -0.39 is 0 Å². The Bertz CT molecular complexity index is 845. The summed E-state index contributed by atoms with van der Waals surface area (Å²) in [5.41, 5.74) is 1.38. The van der Waals surface area contributed by atoms with Crippen molar-refractivity contribution >= 4 is 31.5 Å². The van der Waals surface area contributed by atoms with Crippen LogP contribution in [0.4, 0.5) is 0 Å². The molecule has 1 aromatic heterocycles. The maximum Gasteiger partial charge on any atom is 0.196 e. The summed E-state index contributed by atoms with van der Waals surface area (Å²) in [6.45, 7) is 6.75. The molecule has 108 valence electrons. The smallest absolute Gasteiger partial charge is 0.196 e. The minimum Gasteiger partial charge on any atom is -0.288 e. The highest BCUT2D eigenvalue weighted by atomic mass is 32.1. The molecule has 2 aromatic carbocycles. The summed E-state index contributed by atoms with van der Waals surface area (Å²) >= 11 is 1.72. The summed E-state index contributed by atoms with van der Waals surface area (Å²) in [7, 11) is 0. The minimum absolute atomic E-state index is 0.186. The monoisotopic (exact) mass is 296 g/mol. The zero-order valence-electron chi connectivity index (χ0n) is 12.7. The molecule has 0 aliphatic carbocycles. The Balaban J connectivity index is 2.27. The summed E-state index contributed by atoms with van der Waals surface area (Å²) in [6.07, 6.45) is 0.968. The van der Waals surface area contributed by atoms with Crippen LogP contribution in [0.3, 0.4) is 0 Å². The van der Waals surface area contributed by atoms with E-state index in [1.165, 1.54) is 5.56 Å². The fourth-order valence-electron chi connectivity index (χ4n) is 2.67. The van der Waals surface area contributed by atoms with Crippen molar-refractivity contribution in [3.8, 4) is 0 Å². The van der Waals surface area contributed by atoms with E-state index in [0.717, 1.165) is 26.6 Å². The molecule has 1 atom stereocenters. The van der Waals surface area contributed by atoms with Gasteiger partial charge < -0.3 is 0 Å². The standard InChI is InChI=1S/C19H20OS/c1-12(2)13(3)11-14-7-6-10-17-18(14)19(20)15-8-4-5-9-16(15)21-17/h4-10,12-13H,11H2,1-3H3. The molecule has 0 amide bonds. The molecule has 3 rings (SSSR count). The predicted octanol–water partition coefficient (Wildman–Crippen LogP) is 5.25. The van der Waals surface area contributed by atoms with Gasteiger partial charge in [-0.2, -0.15) is 0 Å². The van der Waals surface area contributed by atoms with Gasteiger partial charge in [-0.15, -0.1) is 11.3 Å². The Morgan fingerprint density at radius 2 is 1.67 bits per heavy atom. The van der Waals surface area contributed by atoms with Crippen molar-refractivity contribution in [2.24, 2.45) is 11.8 Å². The van der Waals surface area contributed by atoms with Crippen LogP contribution in [-0.4, -0.2) is 0 Å². The van der Waals surface area contributed by atoms with Crippen LogP contribution in [0.5, 0.6) is 0 Å². The third-order valence-corrected chi connectivity index (χ3v) is 5.51. The molecule has 1 heterocycles. The van der Waals surface area contributed by atoms with E-state index in [0.29, 0.717) is 11.8 Å². The van der Waals surface area contributed by atoms with Gasteiger partial charge in [0.25, 0.3) is 0 Å². The van der Waals surface area contributed by atoms with Crippen molar-refractivity contribution in [1.29, 1.82) is 0 Å². The topological polar surface area (TPSA) is 17.1 Å². The highest BCUT2D eigenvalue weighted by Crippen LogP contribution is 2.28. The van der Waals surface area contributed by atoms with Gasteiger partial charge in [0.05, 0.1) is 0 Å². The molecule has 21 heavy (non-hydrogen) atoms. The second-order valence-corrected chi connectivity index (χ2v) is 7.23. The zero-order chi connectivity index (χ0) is 15.0. The van der Waals surface area contributed by atoms with Crippen molar-refractivity contribution < 1.29 is 0 Å². The molecule has 0 fully saturated rings. The molecule has 1 unspecified atom stereocenters. The van der Waals surface area contributed by atoms with Crippen molar-refractivity contribution in [1.82, 2.24) is 0 Å². The van der Waals surface area contributed by atoms with E-state index in [1.54, 1.807) is 11.3 Å². The van der Waals surface area contributed by atoms with E-state index in [2.05, 4.69) is 39.0 Å². The van der Waals surface area contributed by atoms with Crippen LogP contribution in [-0.2, 0) is 6.42 Å². The summed E-state index contributed by atoms with van der Waals surface area (Å²) < 4.78 is 2.18. The molecular formula is C19H20OS. The predicted molar refractivity (Wildman–Crippen MR) is 93.3 cm³/mol. The van der Waals surface area contributed by atoms with E-state index >= 15 is 0 Å². The number of fused-ring (bicyclic) bond motifs is 2. The van der Waals surface area contributed by atoms with Crippen molar-refractivity contribution in [3.63, 3.8) is 0 Å². The Morgan fingerprint density at radius 3 is 2.43 bits per heavy atom. The first-order chi connectivity index (χ1) is 10.1. The van der Waals surface area contributed by atoms with Crippen LogP contribution >= 0.6 is 11.3 Å². The molecule has 0 spiro atoms. The van der Waals surface area contributed by atoms with Crippen molar-refractivity contribution in [2.75, 3.05) is 0 Å². The van der Waals surface area contributed by atoms with Gasteiger partial charge in [-0.3, -0.25) is 4.79 Å². The SMILES string of the molecule is CC(C)C(C)Cc1cccc2sc3ccccc3c(=O)c12. The van der Waals surface area contributed by atoms with Gasteiger partial charge in [-0.1, -0.05) is 45.0 Å². The van der Waals surface area contributed by atoms with E-state index in [-0.39, 0.29) is 5.43 Å². The molecule has 0 aliphatic heterocycles. The second-order valence-electron chi connectivity index (χ2n) is 6.14. The minimum atomic E-state index is 0.186. The summed E-state index contributed by atoms with van der Waals surface area (Å²) in [5.74, 6) is 1.20. The van der Waals surface area contributed by atoms with Gasteiger partial charge in [0.15, 0.2) is 5.43 Å². The normalized spacial score (nSPS) is 13.1. The number of rotatable bonds is 3. The lowest BCUT2D eigenvalue weighted by molar-refractivity contribution is 0.418. The van der Waals surface area contributed by atoms with Crippen LogP contribution in [0, 0.1) is 11.8 Å². The maximum atomic E-state index is 12.9. The molecule has 3 aromatic rings. The van der Waals surface area contributed by atoms with Crippen molar-refractivity contribution in [3.05, 3.63) is 58.3 Å². The van der Waals surface area contributed by atoms with Gasteiger partial charge in [0.2, 0.25) is 0 Å². The Morgan fingerprint density at radius 1 is 0.952 bits per heavy atom. The molecule has 1 nitrogen and oxygen atoms in total. The van der Waals surface area contributed by atoms with Gasteiger partial charge in [0.1, 0.15) is 0 Å². The van der Waals surface area contributed by atoms with Crippen LogP contribution in [0.15, 0.2) is 47.3 Å². The fraction of sp³-hybridized carbons (Fsp3) is 0.316. The molecule has 0 bridgehead atoms. The molecule has 0 saturated carbocycles. The average Bonchev–Trinajstić information content (AvgIpc) is 2.47. The molecule has 0 N–H and O–H groups in total. The molecule has 0 radical (unpaired) electrons. The third-order valence-electron chi connectivity index (χ3n) is 4.37.